The number of nitrogens with zero attached hydrogens (tertiary/aromatic N) is 3. The third-order valence-electron chi connectivity index (χ3n) is 5.21. The molecule has 2 aromatic carbocycles. The van der Waals surface area contributed by atoms with Gasteiger partial charge in [-0.25, -0.2) is 4.98 Å². The van der Waals surface area contributed by atoms with Crippen molar-refractivity contribution >= 4 is 22.6 Å². The quantitative estimate of drug-likeness (QED) is 0.692. The molecule has 0 spiro atoms. The molecule has 0 unspecified atom stereocenters. The van der Waals surface area contributed by atoms with Crippen LogP contribution in [0.4, 0.5) is 5.69 Å². The van der Waals surface area contributed by atoms with E-state index in [1.54, 1.807) is 7.11 Å². The number of amides is 1. The van der Waals surface area contributed by atoms with Crippen LogP contribution in [0.2, 0.25) is 0 Å². The van der Waals surface area contributed by atoms with E-state index < -0.39 is 0 Å². The number of ether oxygens (including phenoxy) is 1. The number of carbonyl (C=O) groups is 1. The first-order valence-electron chi connectivity index (χ1n) is 9.39. The van der Waals surface area contributed by atoms with Gasteiger partial charge >= 0.3 is 0 Å². The summed E-state index contributed by atoms with van der Waals surface area (Å²) in [5.41, 5.74) is 5.41. The third-order valence-corrected chi connectivity index (χ3v) is 5.21. The van der Waals surface area contributed by atoms with E-state index >= 15 is 0 Å². The number of hydrogen-bond acceptors (Lipinski definition) is 3. The predicted molar refractivity (Wildman–Crippen MR) is 107 cm³/mol. The fourth-order valence-electron chi connectivity index (χ4n) is 4.06. The van der Waals surface area contributed by atoms with E-state index in [1.165, 1.54) is 11.1 Å². The minimum atomic E-state index is 0.0857. The van der Waals surface area contributed by atoms with Crippen LogP contribution in [0, 0.1) is 13.8 Å². The van der Waals surface area contributed by atoms with Crippen molar-refractivity contribution in [3.05, 3.63) is 59.4 Å². The highest BCUT2D eigenvalue weighted by atomic mass is 16.5. The Hall–Kier alpha value is -2.66. The van der Waals surface area contributed by atoms with Gasteiger partial charge in [-0.2, -0.15) is 0 Å². The van der Waals surface area contributed by atoms with Crippen LogP contribution in [0.15, 0.2) is 42.5 Å². The SMILES string of the molecule is COCCn1c([C@@H]2CC(=O)N(c3cc(C)cc(C)c3)C2)nc2ccccc21. The van der Waals surface area contributed by atoms with Crippen LogP contribution in [0.5, 0.6) is 0 Å². The van der Waals surface area contributed by atoms with Crippen molar-refractivity contribution in [1.82, 2.24) is 9.55 Å². The molecular weight excluding hydrogens is 338 g/mol. The maximum absolute atomic E-state index is 12.8. The summed E-state index contributed by atoms with van der Waals surface area (Å²) in [6, 6.07) is 14.4. The van der Waals surface area contributed by atoms with Gasteiger partial charge in [-0.05, 0) is 49.2 Å². The molecule has 5 nitrogen and oxygen atoms in total. The van der Waals surface area contributed by atoms with Crippen LogP contribution in [0.25, 0.3) is 11.0 Å². The summed E-state index contributed by atoms with van der Waals surface area (Å²) in [6.45, 7) is 6.16. The summed E-state index contributed by atoms with van der Waals surface area (Å²) < 4.78 is 7.50. The van der Waals surface area contributed by atoms with Gasteiger partial charge in [-0.1, -0.05) is 18.2 Å². The molecule has 140 valence electrons. The second-order valence-corrected chi connectivity index (χ2v) is 7.35. The average Bonchev–Trinajstić information content (AvgIpc) is 3.19. The van der Waals surface area contributed by atoms with E-state index in [2.05, 4.69) is 42.7 Å². The van der Waals surface area contributed by atoms with Crippen molar-refractivity contribution < 1.29 is 9.53 Å². The van der Waals surface area contributed by atoms with Crippen molar-refractivity contribution in [2.24, 2.45) is 0 Å². The summed E-state index contributed by atoms with van der Waals surface area (Å²) >= 11 is 0. The smallest absolute Gasteiger partial charge is 0.227 e. The van der Waals surface area contributed by atoms with Gasteiger partial charge in [0, 0.05) is 38.2 Å². The lowest BCUT2D eigenvalue weighted by Crippen LogP contribution is -2.24. The minimum absolute atomic E-state index is 0.0857. The first kappa shape index (κ1) is 17.7. The Kier molecular flexibility index (Phi) is 4.70. The number of benzene rings is 2. The first-order chi connectivity index (χ1) is 13.1. The molecule has 1 amide bonds. The monoisotopic (exact) mass is 363 g/mol. The van der Waals surface area contributed by atoms with Gasteiger partial charge in [0.1, 0.15) is 5.82 Å². The van der Waals surface area contributed by atoms with Gasteiger partial charge in [0.25, 0.3) is 0 Å². The predicted octanol–water partition coefficient (Wildman–Crippen LogP) is 3.82. The number of anilines is 1. The summed E-state index contributed by atoms with van der Waals surface area (Å²) in [4.78, 5) is 19.6. The van der Waals surface area contributed by atoms with E-state index in [1.807, 2.05) is 23.1 Å². The van der Waals surface area contributed by atoms with Gasteiger partial charge in [-0.15, -0.1) is 0 Å². The number of imidazole rings is 1. The van der Waals surface area contributed by atoms with Crippen molar-refractivity contribution in [2.45, 2.75) is 32.7 Å². The number of hydrogen-bond donors (Lipinski definition) is 0. The molecule has 1 saturated heterocycles. The molecule has 2 heterocycles. The van der Waals surface area contributed by atoms with Crippen LogP contribution in [0.1, 0.15) is 29.3 Å². The third kappa shape index (κ3) is 3.35. The molecule has 27 heavy (non-hydrogen) atoms. The van der Waals surface area contributed by atoms with Gasteiger partial charge in [-0.3, -0.25) is 4.79 Å². The van der Waals surface area contributed by atoms with Crippen LogP contribution in [-0.2, 0) is 16.1 Å². The Bertz CT molecular complexity index is 972. The highest BCUT2D eigenvalue weighted by Crippen LogP contribution is 2.33. The molecule has 1 fully saturated rings. The number of carbonyl (C=O) groups excluding carboxylic acids is 1. The summed E-state index contributed by atoms with van der Waals surface area (Å²) in [5.74, 6) is 1.23. The number of aromatic nitrogens is 2. The summed E-state index contributed by atoms with van der Waals surface area (Å²) in [7, 11) is 1.71. The zero-order chi connectivity index (χ0) is 19.0. The van der Waals surface area contributed by atoms with Crippen molar-refractivity contribution in [2.75, 3.05) is 25.2 Å². The topological polar surface area (TPSA) is 47.4 Å². The highest BCUT2D eigenvalue weighted by Gasteiger charge is 2.34. The Labute approximate surface area is 159 Å². The van der Waals surface area contributed by atoms with Gasteiger partial charge in [0.15, 0.2) is 0 Å². The number of methoxy groups -OCH3 is 1. The molecule has 0 N–H and O–H groups in total. The standard InChI is InChI=1S/C22H25N3O2/c1-15-10-16(2)12-18(11-15)25-14-17(13-21(25)26)22-23-19-6-4-5-7-20(19)24(22)8-9-27-3/h4-7,10-12,17H,8-9,13-14H2,1-3H3/t17-/m1/s1. The van der Waals surface area contributed by atoms with E-state index in [0.717, 1.165) is 29.1 Å². The molecule has 0 aliphatic carbocycles. The Balaban J connectivity index is 1.69. The van der Waals surface area contributed by atoms with Gasteiger partial charge in [0.2, 0.25) is 5.91 Å². The van der Waals surface area contributed by atoms with Crippen LogP contribution in [0.3, 0.4) is 0 Å². The normalized spacial score (nSPS) is 17.2. The zero-order valence-corrected chi connectivity index (χ0v) is 16.1. The molecule has 3 aromatic rings. The summed E-state index contributed by atoms with van der Waals surface area (Å²) in [6.07, 6.45) is 0.489. The van der Waals surface area contributed by atoms with Crippen molar-refractivity contribution in [1.29, 1.82) is 0 Å². The van der Waals surface area contributed by atoms with Crippen LogP contribution < -0.4 is 4.90 Å². The Morgan fingerprint density at radius 3 is 2.63 bits per heavy atom. The number of para-hydroxylation sites is 2. The van der Waals surface area contributed by atoms with E-state index in [4.69, 9.17) is 9.72 Å². The average molecular weight is 363 g/mol. The fraction of sp³-hybridized carbons (Fsp3) is 0.364. The first-order valence-corrected chi connectivity index (χ1v) is 9.39. The molecule has 0 bridgehead atoms. The molecule has 1 atom stereocenters. The second kappa shape index (κ2) is 7.16. The van der Waals surface area contributed by atoms with Gasteiger partial charge in [0.05, 0.1) is 17.6 Å². The molecular formula is C22H25N3O2. The molecule has 1 aliphatic heterocycles. The maximum atomic E-state index is 12.8. The molecule has 5 heteroatoms. The maximum Gasteiger partial charge on any atom is 0.227 e. The molecule has 4 rings (SSSR count). The van der Waals surface area contributed by atoms with E-state index in [-0.39, 0.29) is 11.8 Å². The van der Waals surface area contributed by atoms with E-state index in [0.29, 0.717) is 19.6 Å². The molecule has 1 aromatic heterocycles. The lowest BCUT2D eigenvalue weighted by Gasteiger charge is -2.18. The van der Waals surface area contributed by atoms with Crippen LogP contribution in [-0.4, -0.2) is 35.7 Å². The number of fused-ring (bicyclic) bond motifs is 1. The lowest BCUT2D eigenvalue weighted by atomic mass is 10.1. The number of aryl methyl sites for hydroxylation is 2. The van der Waals surface area contributed by atoms with Crippen LogP contribution >= 0.6 is 0 Å². The van der Waals surface area contributed by atoms with E-state index in [9.17, 15) is 4.79 Å². The second-order valence-electron chi connectivity index (χ2n) is 7.35. The fourth-order valence-corrected chi connectivity index (χ4v) is 4.06. The Morgan fingerprint density at radius 2 is 1.89 bits per heavy atom. The zero-order valence-electron chi connectivity index (χ0n) is 16.1. The van der Waals surface area contributed by atoms with Gasteiger partial charge < -0.3 is 14.2 Å². The molecule has 1 aliphatic rings. The number of rotatable bonds is 5. The largest absolute Gasteiger partial charge is 0.383 e. The molecule has 0 radical (unpaired) electrons. The minimum Gasteiger partial charge on any atom is -0.383 e. The summed E-state index contributed by atoms with van der Waals surface area (Å²) in [5, 5.41) is 0. The Morgan fingerprint density at radius 1 is 1.15 bits per heavy atom. The highest BCUT2D eigenvalue weighted by molar-refractivity contribution is 5.96. The van der Waals surface area contributed by atoms with Crippen molar-refractivity contribution in [3.8, 4) is 0 Å². The lowest BCUT2D eigenvalue weighted by molar-refractivity contribution is -0.117. The molecule has 0 saturated carbocycles. The van der Waals surface area contributed by atoms with Crippen molar-refractivity contribution in [3.63, 3.8) is 0 Å².